The molecule has 0 radical (unpaired) electrons. The zero-order valence-corrected chi connectivity index (χ0v) is 13.5. The highest BCUT2D eigenvalue weighted by Gasteiger charge is 2.22. The van der Waals surface area contributed by atoms with Gasteiger partial charge in [0.15, 0.2) is 0 Å². The molecule has 0 unspecified atom stereocenters. The van der Waals surface area contributed by atoms with E-state index in [0.717, 1.165) is 37.1 Å². The first-order valence-electron chi connectivity index (χ1n) is 8.68. The Morgan fingerprint density at radius 3 is 2.39 bits per heavy atom. The number of hydrogen-bond donors (Lipinski definition) is 2. The maximum Gasteiger partial charge on any atom is 0.321 e. The fourth-order valence-electron chi connectivity index (χ4n) is 3.34. The minimum Gasteiger partial charge on any atom is -0.490 e. The number of hydrogen-bond acceptors (Lipinski definition) is 3. The number of piperidine rings is 1. The molecule has 2 aliphatic rings. The molecule has 3 rings (SSSR count). The lowest BCUT2D eigenvalue weighted by Gasteiger charge is -2.31. The van der Waals surface area contributed by atoms with E-state index < -0.39 is 0 Å². The van der Waals surface area contributed by atoms with Crippen LogP contribution in [0.15, 0.2) is 24.3 Å². The van der Waals surface area contributed by atoms with Crippen molar-refractivity contribution in [3.63, 3.8) is 0 Å². The highest BCUT2D eigenvalue weighted by Crippen LogP contribution is 2.25. The van der Waals surface area contributed by atoms with Crippen molar-refractivity contribution in [1.29, 1.82) is 0 Å². The van der Waals surface area contributed by atoms with E-state index >= 15 is 0 Å². The first-order valence-corrected chi connectivity index (χ1v) is 8.68. The Morgan fingerprint density at radius 2 is 1.78 bits per heavy atom. The predicted octanol–water partition coefficient (Wildman–Crippen LogP) is 3.24. The van der Waals surface area contributed by atoms with Crippen LogP contribution in [-0.4, -0.2) is 41.8 Å². The molecule has 5 heteroatoms. The van der Waals surface area contributed by atoms with Gasteiger partial charge in [-0.1, -0.05) is 0 Å². The Labute approximate surface area is 137 Å². The summed E-state index contributed by atoms with van der Waals surface area (Å²) in [6, 6.07) is 7.56. The number of likely N-dealkylation sites (tertiary alicyclic amines) is 1. The lowest BCUT2D eigenvalue weighted by Crippen LogP contribution is -2.41. The molecule has 1 saturated heterocycles. The SMILES string of the molecule is O=C(Nc1ccc(OC2CCCC2)cc1)N1CCC(CO)CC1. The third-order valence-electron chi connectivity index (χ3n) is 4.87. The minimum absolute atomic E-state index is 0.0640. The number of rotatable bonds is 4. The van der Waals surface area contributed by atoms with Crippen molar-refractivity contribution in [2.75, 3.05) is 25.0 Å². The van der Waals surface area contributed by atoms with Gasteiger partial charge in [-0.05, 0) is 68.7 Å². The second kappa shape index (κ2) is 7.68. The maximum atomic E-state index is 12.2. The summed E-state index contributed by atoms with van der Waals surface area (Å²) in [7, 11) is 0. The van der Waals surface area contributed by atoms with E-state index in [1.54, 1.807) is 0 Å². The molecular weight excluding hydrogens is 292 g/mol. The molecule has 1 heterocycles. The fourth-order valence-corrected chi connectivity index (χ4v) is 3.34. The lowest BCUT2D eigenvalue weighted by atomic mass is 9.98. The monoisotopic (exact) mass is 318 g/mol. The van der Waals surface area contributed by atoms with Crippen LogP contribution in [0.3, 0.4) is 0 Å². The standard InChI is InChI=1S/C18H26N2O3/c21-13-14-9-11-20(12-10-14)18(22)19-15-5-7-17(8-6-15)23-16-3-1-2-4-16/h5-8,14,16,21H,1-4,9-13H2,(H,19,22). The summed E-state index contributed by atoms with van der Waals surface area (Å²) in [6.07, 6.45) is 6.89. The van der Waals surface area contributed by atoms with E-state index in [9.17, 15) is 4.79 Å². The summed E-state index contributed by atoms with van der Waals surface area (Å²) in [4.78, 5) is 14.1. The van der Waals surface area contributed by atoms with Crippen LogP contribution >= 0.6 is 0 Å². The summed E-state index contributed by atoms with van der Waals surface area (Å²) in [5.41, 5.74) is 0.790. The van der Waals surface area contributed by atoms with Gasteiger partial charge >= 0.3 is 6.03 Å². The van der Waals surface area contributed by atoms with E-state index in [0.29, 0.717) is 25.1 Å². The maximum absolute atomic E-state index is 12.2. The zero-order valence-electron chi connectivity index (χ0n) is 13.5. The molecule has 2 N–H and O–H groups in total. The smallest absolute Gasteiger partial charge is 0.321 e. The summed E-state index contributed by atoms with van der Waals surface area (Å²) >= 11 is 0. The number of carbonyl (C=O) groups is 1. The third-order valence-corrected chi connectivity index (χ3v) is 4.87. The number of carbonyl (C=O) groups excluding carboxylic acids is 1. The van der Waals surface area contributed by atoms with E-state index in [1.165, 1.54) is 12.8 Å². The molecule has 2 amide bonds. The molecule has 1 saturated carbocycles. The third kappa shape index (κ3) is 4.38. The fraction of sp³-hybridized carbons (Fsp3) is 0.611. The Bertz CT molecular complexity index is 504. The number of ether oxygens (including phenoxy) is 1. The molecule has 1 aliphatic carbocycles. The Hall–Kier alpha value is -1.75. The highest BCUT2D eigenvalue weighted by molar-refractivity contribution is 5.89. The van der Waals surface area contributed by atoms with Gasteiger partial charge in [-0.2, -0.15) is 0 Å². The van der Waals surface area contributed by atoms with Gasteiger partial charge in [0.25, 0.3) is 0 Å². The molecule has 2 fully saturated rings. The minimum atomic E-state index is -0.0640. The molecule has 23 heavy (non-hydrogen) atoms. The van der Waals surface area contributed by atoms with E-state index in [1.807, 2.05) is 29.2 Å². The second-order valence-electron chi connectivity index (χ2n) is 6.59. The topological polar surface area (TPSA) is 61.8 Å². The van der Waals surface area contributed by atoms with Crippen molar-refractivity contribution < 1.29 is 14.6 Å². The number of nitrogens with one attached hydrogen (secondary N) is 1. The van der Waals surface area contributed by atoms with Gasteiger partial charge in [-0.25, -0.2) is 4.79 Å². The van der Waals surface area contributed by atoms with Crippen LogP contribution in [0.5, 0.6) is 5.75 Å². The number of urea groups is 1. The van der Waals surface area contributed by atoms with E-state index in [4.69, 9.17) is 9.84 Å². The summed E-state index contributed by atoms with van der Waals surface area (Å²) < 4.78 is 5.93. The van der Waals surface area contributed by atoms with Crippen LogP contribution in [0, 0.1) is 5.92 Å². The van der Waals surface area contributed by atoms with Gasteiger partial charge in [0, 0.05) is 25.4 Å². The first-order chi connectivity index (χ1) is 11.2. The largest absolute Gasteiger partial charge is 0.490 e. The van der Waals surface area contributed by atoms with Crippen LogP contribution in [0.4, 0.5) is 10.5 Å². The molecule has 0 aromatic heterocycles. The van der Waals surface area contributed by atoms with Crippen LogP contribution < -0.4 is 10.1 Å². The number of amides is 2. The molecule has 0 bridgehead atoms. The van der Waals surface area contributed by atoms with E-state index in [-0.39, 0.29) is 12.6 Å². The predicted molar refractivity (Wildman–Crippen MR) is 89.7 cm³/mol. The van der Waals surface area contributed by atoms with Crippen LogP contribution in [0.1, 0.15) is 38.5 Å². The zero-order chi connectivity index (χ0) is 16.1. The molecule has 126 valence electrons. The van der Waals surface area contributed by atoms with Crippen molar-refractivity contribution in [2.45, 2.75) is 44.6 Å². The quantitative estimate of drug-likeness (QED) is 0.896. The summed E-state index contributed by atoms with van der Waals surface area (Å²) in [5.74, 6) is 1.21. The van der Waals surface area contributed by atoms with Crippen molar-refractivity contribution >= 4 is 11.7 Å². The molecule has 0 atom stereocenters. The Kier molecular flexibility index (Phi) is 5.39. The normalized spacial score (nSPS) is 19.8. The number of anilines is 1. The Balaban J connectivity index is 1.48. The van der Waals surface area contributed by atoms with Gasteiger partial charge in [0.05, 0.1) is 6.10 Å². The van der Waals surface area contributed by atoms with Crippen LogP contribution in [-0.2, 0) is 0 Å². The molecular formula is C18H26N2O3. The molecule has 1 aromatic carbocycles. The van der Waals surface area contributed by atoms with Crippen LogP contribution in [0.25, 0.3) is 0 Å². The average Bonchev–Trinajstić information content (AvgIpc) is 3.10. The van der Waals surface area contributed by atoms with Gasteiger partial charge in [0.1, 0.15) is 5.75 Å². The second-order valence-corrected chi connectivity index (χ2v) is 6.59. The Morgan fingerprint density at radius 1 is 1.13 bits per heavy atom. The summed E-state index contributed by atoms with van der Waals surface area (Å²) in [5, 5.41) is 12.1. The first kappa shape index (κ1) is 16.1. The number of nitrogens with zero attached hydrogens (tertiary/aromatic N) is 1. The van der Waals surface area contributed by atoms with Crippen molar-refractivity contribution in [2.24, 2.45) is 5.92 Å². The molecule has 1 aliphatic heterocycles. The molecule has 1 aromatic rings. The summed E-state index contributed by atoms with van der Waals surface area (Å²) in [6.45, 7) is 1.64. The molecule has 0 spiro atoms. The average molecular weight is 318 g/mol. The number of benzene rings is 1. The van der Waals surface area contributed by atoms with Crippen LogP contribution in [0.2, 0.25) is 0 Å². The van der Waals surface area contributed by atoms with Crippen molar-refractivity contribution in [1.82, 2.24) is 4.90 Å². The number of aliphatic hydroxyl groups is 1. The van der Waals surface area contributed by atoms with Crippen molar-refractivity contribution in [3.05, 3.63) is 24.3 Å². The van der Waals surface area contributed by atoms with Gasteiger partial charge < -0.3 is 20.1 Å². The van der Waals surface area contributed by atoms with E-state index in [2.05, 4.69) is 5.32 Å². The van der Waals surface area contributed by atoms with Gasteiger partial charge in [-0.15, -0.1) is 0 Å². The lowest BCUT2D eigenvalue weighted by molar-refractivity contribution is 0.143. The van der Waals surface area contributed by atoms with Gasteiger partial charge in [-0.3, -0.25) is 0 Å². The number of aliphatic hydroxyl groups excluding tert-OH is 1. The molecule has 5 nitrogen and oxygen atoms in total. The van der Waals surface area contributed by atoms with Gasteiger partial charge in [0.2, 0.25) is 0 Å². The van der Waals surface area contributed by atoms with Crippen molar-refractivity contribution in [3.8, 4) is 5.75 Å². The highest BCUT2D eigenvalue weighted by atomic mass is 16.5.